The van der Waals surface area contributed by atoms with Gasteiger partial charge in [-0.2, -0.15) is 0 Å². The quantitative estimate of drug-likeness (QED) is 0.838. The molecule has 1 aromatic carbocycles. The highest BCUT2D eigenvalue weighted by molar-refractivity contribution is 5.41. The van der Waals surface area contributed by atoms with Crippen LogP contribution in [0.5, 0.6) is 5.75 Å². The number of aliphatic hydroxyl groups is 1. The van der Waals surface area contributed by atoms with Gasteiger partial charge in [0.25, 0.3) is 0 Å². The van der Waals surface area contributed by atoms with E-state index in [0.29, 0.717) is 17.3 Å². The second kappa shape index (κ2) is 4.74. The number of hydrogen-bond donors (Lipinski definition) is 1. The predicted octanol–water partition coefficient (Wildman–Crippen LogP) is 4.30. The maximum absolute atomic E-state index is 10.5. The van der Waals surface area contributed by atoms with Gasteiger partial charge in [0.1, 0.15) is 5.75 Å². The van der Waals surface area contributed by atoms with E-state index in [1.807, 2.05) is 0 Å². The summed E-state index contributed by atoms with van der Waals surface area (Å²) in [6.45, 7) is 4.85. The zero-order valence-electron chi connectivity index (χ0n) is 14.1. The lowest BCUT2D eigenvalue weighted by Gasteiger charge is -2.57. The molecule has 0 heterocycles. The lowest BCUT2D eigenvalue weighted by molar-refractivity contribution is -0.0666. The Hall–Kier alpha value is -1.02. The van der Waals surface area contributed by atoms with Crippen molar-refractivity contribution in [1.82, 2.24) is 0 Å². The first-order valence-electron chi connectivity index (χ1n) is 8.84. The minimum absolute atomic E-state index is 0.0902. The number of aryl methyl sites for hydroxylation is 1. The minimum atomic E-state index is -0.0902. The third-order valence-corrected chi connectivity index (χ3v) is 7.51. The fourth-order valence-corrected chi connectivity index (χ4v) is 6.20. The molecule has 22 heavy (non-hydrogen) atoms. The van der Waals surface area contributed by atoms with Crippen molar-refractivity contribution < 1.29 is 9.84 Å². The summed E-state index contributed by atoms with van der Waals surface area (Å²) in [6.07, 6.45) is 6.92. The number of fused-ring (bicyclic) bond motifs is 5. The molecule has 2 saturated carbocycles. The highest BCUT2D eigenvalue weighted by Crippen LogP contribution is 2.66. The van der Waals surface area contributed by atoms with Gasteiger partial charge in [-0.3, -0.25) is 0 Å². The molecule has 0 bridgehead atoms. The van der Waals surface area contributed by atoms with Gasteiger partial charge in [0.15, 0.2) is 0 Å². The first kappa shape index (κ1) is 14.6. The molecule has 0 amide bonds. The van der Waals surface area contributed by atoms with Crippen LogP contribution in [-0.4, -0.2) is 18.3 Å². The van der Waals surface area contributed by atoms with Gasteiger partial charge in [0, 0.05) is 0 Å². The van der Waals surface area contributed by atoms with E-state index in [0.717, 1.165) is 18.6 Å². The Bertz CT molecular complexity index is 595. The van der Waals surface area contributed by atoms with Gasteiger partial charge < -0.3 is 9.84 Å². The summed E-state index contributed by atoms with van der Waals surface area (Å²) < 4.78 is 5.41. The lowest BCUT2D eigenvalue weighted by atomic mass is 9.48. The molecule has 0 aromatic heterocycles. The predicted molar refractivity (Wildman–Crippen MR) is 88.2 cm³/mol. The lowest BCUT2D eigenvalue weighted by Crippen LogP contribution is -2.50. The fourth-order valence-electron chi connectivity index (χ4n) is 6.20. The third-order valence-electron chi connectivity index (χ3n) is 7.51. The summed E-state index contributed by atoms with van der Waals surface area (Å²) in [4.78, 5) is 0. The van der Waals surface area contributed by atoms with Crippen LogP contribution < -0.4 is 4.74 Å². The number of benzene rings is 1. The molecule has 2 heteroatoms. The number of methoxy groups -OCH3 is 1. The Morgan fingerprint density at radius 1 is 1.09 bits per heavy atom. The Kier molecular flexibility index (Phi) is 3.14. The van der Waals surface area contributed by atoms with E-state index in [9.17, 15) is 5.11 Å². The van der Waals surface area contributed by atoms with Crippen LogP contribution in [0.15, 0.2) is 18.2 Å². The van der Waals surface area contributed by atoms with Gasteiger partial charge in [-0.15, -0.1) is 0 Å². The van der Waals surface area contributed by atoms with Crippen LogP contribution in [0.25, 0.3) is 0 Å². The van der Waals surface area contributed by atoms with Crippen molar-refractivity contribution in [1.29, 1.82) is 0 Å². The van der Waals surface area contributed by atoms with Crippen molar-refractivity contribution >= 4 is 0 Å². The van der Waals surface area contributed by atoms with Crippen LogP contribution in [0, 0.1) is 16.7 Å². The van der Waals surface area contributed by atoms with Crippen molar-refractivity contribution in [3.05, 3.63) is 29.3 Å². The van der Waals surface area contributed by atoms with Crippen molar-refractivity contribution in [2.45, 2.75) is 64.4 Å². The second-order valence-corrected chi connectivity index (χ2v) is 8.31. The SMILES string of the molecule is COc1ccc2c(c1)CC[C@]1(C)[C@@H]3CC[C@H](O)[C@@]3(C)CC[C@H]21. The maximum Gasteiger partial charge on any atom is 0.119 e. The normalized spacial score (nSPS) is 43.2. The summed E-state index contributed by atoms with van der Waals surface area (Å²) in [5, 5.41) is 10.5. The van der Waals surface area contributed by atoms with Crippen molar-refractivity contribution in [2.24, 2.45) is 16.7 Å². The summed E-state index contributed by atoms with van der Waals surface area (Å²) >= 11 is 0. The molecule has 1 aromatic rings. The topological polar surface area (TPSA) is 29.5 Å². The van der Waals surface area contributed by atoms with Gasteiger partial charge in [0.05, 0.1) is 13.2 Å². The van der Waals surface area contributed by atoms with E-state index < -0.39 is 0 Å². The van der Waals surface area contributed by atoms with Crippen molar-refractivity contribution in [3.63, 3.8) is 0 Å². The molecule has 4 rings (SSSR count). The van der Waals surface area contributed by atoms with E-state index in [1.165, 1.54) is 31.2 Å². The van der Waals surface area contributed by atoms with Crippen molar-refractivity contribution in [2.75, 3.05) is 7.11 Å². The molecular formula is C20H28O2. The smallest absolute Gasteiger partial charge is 0.119 e. The zero-order valence-corrected chi connectivity index (χ0v) is 14.1. The average Bonchev–Trinajstić information content (AvgIpc) is 2.83. The highest BCUT2D eigenvalue weighted by atomic mass is 16.5. The van der Waals surface area contributed by atoms with Gasteiger partial charge in [-0.25, -0.2) is 0 Å². The molecule has 0 saturated heterocycles. The van der Waals surface area contributed by atoms with Crippen LogP contribution in [-0.2, 0) is 6.42 Å². The largest absolute Gasteiger partial charge is 0.497 e. The number of aliphatic hydroxyl groups excluding tert-OH is 1. The van der Waals surface area contributed by atoms with Gasteiger partial charge in [0.2, 0.25) is 0 Å². The molecule has 0 radical (unpaired) electrons. The summed E-state index contributed by atoms with van der Waals surface area (Å²) in [5.74, 6) is 2.31. The minimum Gasteiger partial charge on any atom is -0.497 e. The van der Waals surface area contributed by atoms with E-state index in [-0.39, 0.29) is 11.5 Å². The monoisotopic (exact) mass is 300 g/mol. The van der Waals surface area contributed by atoms with Crippen LogP contribution in [0.3, 0.4) is 0 Å². The average molecular weight is 300 g/mol. The van der Waals surface area contributed by atoms with E-state index in [4.69, 9.17) is 4.74 Å². The molecular weight excluding hydrogens is 272 g/mol. The van der Waals surface area contributed by atoms with Gasteiger partial charge >= 0.3 is 0 Å². The molecule has 3 aliphatic rings. The fraction of sp³-hybridized carbons (Fsp3) is 0.700. The summed E-state index contributed by atoms with van der Waals surface area (Å²) in [6, 6.07) is 6.68. The third kappa shape index (κ3) is 1.76. The highest BCUT2D eigenvalue weighted by Gasteiger charge is 2.59. The molecule has 0 spiro atoms. The Morgan fingerprint density at radius 2 is 1.91 bits per heavy atom. The maximum atomic E-state index is 10.5. The van der Waals surface area contributed by atoms with Crippen molar-refractivity contribution in [3.8, 4) is 5.75 Å². The van der Waals surface area contributed by atoms with E-state index in [2.05, 4.69) is 32.0 Å². The van der Waals surface area contributed by atoms with Crippen LogP contribution in [0.1, 0.15) is 63.0 Å². The van der Waals surface area contributed by atoms with Gasteiger partial charge in [-0.1, -0.05) is 19.9 Å². The molecule has 1 N–H and O–H groups in total. The van der Waals surface area contributed by atoms with Crippen LogP contribution in [0.2, 0.25) is 0 Å². The molecule has 0 aliphatic heterocycles. The van der Waals surface area contributed by atoms with Crippen LogP contribution in [0.4, 0.5) is 0 Å². The molecule has 2 nitrogen and oxygen atoms in total. The zero-order chi connectivity index (χ0) is 15.5. The number of ether oxygens (including phenoxy) is 1. The molecule has 5 atom stereocenters. The Morgan fingerprint density at radius 3 is 2.68 bits per heavy atom. The van der Waals surface area contributed by atoms with Gasteiger partial charge in [-0.05, 0) is 84.5 Å². The molecule has 3 aliphatic carbocycles. The first-order chi connectivity index (χ1) is 10.5. The second-order valence-electron chi connectivity index (χ2n) is 8.31. The van der Waals surface area contributed by atoms with E-state index >= 15 is 0 Å². The first-order valence-corrected chi connectivity index (χ1v) is 8.84. The number of hydrogen-bond acceptors (Lipinski definition) is 2. The molecule has 2 fully saturated rings. The standard InChI is InChI=1S/C20H28O2/c1-19-10-8-13-12-14(22-3)4-5-15(13)16(19)9-11-20(2)17(19)6-7-18(20)21/h4-5,12,16-18,21H,6-11H2,1-3H3/t16-,17+,18+,19+,20+/m1/s1. The molecule has 0 unspecified atom stereocenters. The van der Waals surface area contributed by atoms with Crippen LogP contribution >= 0.6 is 0 Å². The molecule has 120 valence electrons. The number of rotatable bonds is 1. The van der Waals surface area contributed by atoms with E-state index in [1.54, 1.807) is 12.7 Å². The summed E-state index contributed by atoms with van der Waals surface area (Å²) in [5.41, 5.74) is 3.54. The Balaban J connectivity index is 1.75. The summed E-state index contributed by atoms with van der Waals surface area (Å²) in [7, 11) is 1.75. The Labute approximate surface area is 133 Å².